The van der Waals surface area contributed by atoms with E-state index in [4.69, 9.17) is 18.7 Å². The Balaban J connectivity index is 2.68. The van der Waals surface area contributed by atoms with Gasteiger partial charge in [0.25, 0.3) is 0 Å². The zero-order valence-corrected chi connectivity index (χ0v) is 12.0. The molecule has 8 heteroatoms. The molecule has 21 heavy (non-hydrogen) atoms. The van der Waals surface area contributed by atoms with Gasteiger partial charge in [0.1, 0.15) is 0 Å². The van der Waals surface area contributed by atoms with Gasteiger partial charge in [0.2, 0.25) is 11.5 Å². The Morgan fingerprint density at radius 2 is 1.71 bits per heavy atom. The molecular weight excluding hydrogens is 280 g/mol. The van der Waals surface area contributed by atoms with E-state index in [1.54, 1.807) is 12.1 Å². The van der Waals surface area contributed by atoms with Crippen molar-refractivity contribution in [3.63, 3.8) is 0 Å². The molecule has 0 atom stereocenters. The molecule has 0 aliphatic rings. The first-order chi connectivity index (χ1) is 10.0. The first-order valence-electron chi connectivity index (χ1n) is 5.94. The molecule has 0 saturated carbocycles. The van der Waals surface area contributed by atoms with E-state index in [-0.39, 0.29) is 17.1 Å². The molecule has 0 fully saturated rings. The highest BCUT2D eigenvalue weighted by Crippen LogP contribution is 2.43. The van der Waals surface area contributed by atoms with Gasteiger partial charge in [0.05, 0.1) is 26.3 Å². The number of methoxy groups -OCH3 is 3. The van der Waals surface area contributed by atoms with Crippen molar-refractivity contribution in [3.05, 3.63) is 28.0 Å². The van der Waals surface area contributed by atoms with E-state index in [0.29, 0.717) is 22.8 Å². The first-order valence-corrected chi connectivity index (χ1v) is 5.94. The lowest BCUT2D eigenvalue weighted by Gasteiger charge is -2.13. The van der Waals surface area contributed by atoms with E-state index in [1.807, 2.05) is 0 Å². The average molecular weight is 294 g/mol. The third-order valence-corrected chi connectivity index (χ3v) is 2.95. The number of nitrogens with zero attached hydrogens (tertiary/aromatic N) is 2. The van der Waals surface area contributed by atoms with Crippen molar-refractivity contribution in [3.8, 4) is 28.5 Å². The highest BCUT2D eigenvalue weighted by atomic mass is 16.6. The normalized spacial score (nSPS) is 10.3. The van der Waals surface area contributed by atoms with Gasteiger partial charge in [-0.15, -0.1) is 0 Å². The summed E-state index contributed by atoms with van der Waals surface area (Å²) in [6.07, 6.45) is 0. The summed E-state index contributed by atoms with van der Waals surface area (Å²) in [6, 6.07) is 3.15. The zero-order valence-electron chi connectivity index (χ0n) is 12.0. The summed E-state index contributed by atoms with van der Waals surface area (Å²) >= 11 is 0. The quantitative estimate of drug-likeness (QED) is 0.617. The molecule has 0 saturated heterocycles. The second-order valence-corrected chi connectivity index (χ2v) is 4.11. The largest absolute Gasteiger partial charge is 0.493 e. The minimum Gasteiger partial charge on any atom is -0.493 e. The standard InChI is InChI=1S/C13H14N2O6/c1-7-12(15(16)17)11(14-21-7)8-5-9(18-2)13(20-4)10(6-8)19-3/h5-6H,1-4H3. The van der Waals surface area contributed by atoms with Gasteiger partial charge in [-0.05, 0) is 12.1 Å². The predicted octanol–water partition coefficient (Wildman–Crippen LogP) is 2.58. The molecule has 1 aromatic heterocycles. The summed E-state index contributed by atoms with van der Waals surface area (Å²) in [5, 5.41) is 14.9. The van der Waals surface area contributed by atoms with Crippen LogP contribution >= 0.6 is 0 Å². The molecule has 1 aromatic carbocycles. The fourth-order valence-corrected chi connectivity index (χ4v) is 1.99. The van der Waals surface area contributed by atoms with E-state index in [1.165, 1.54) is 28.3 Å². The summed E-state index contributed by atoms with van der Waals surface area (Å²) < 4.78 is 20.5. The number of ether oxygens (including phenoxy) is 3. The van der Waals surface area contributed by atoms with Crippen molar-refractivity contribution >= 4 is 5.69 Å². The molecular formula is C13H14N2O6. The Hall–Kier alpha value is -2.77. The summed E-state index contributed by atoms with van der Waals surface area (Å²) in [6.45, 7) is 1.48. The van der Waals surface area contributed by atoms with Gasteiger partial charge in [0.15, 0.2) is 17.2 Å². The van der Waals surface area contributed by atoms with Gasteiger partial charge in [-0.25, -0.2) is 0 Å². The van der Waals surface area contributed by atoms with E-state index < -0.39 is 4.92 Å². The van der Waals surface area contributed by atoms with Crippen LogP contribution in [0.3, 0.4) is 0 Å². The van der Waals surface area contributed by atoms with E-state index >= 15 is 0 Å². The lowest BCUT2D eigenvalue weighted by molar-refractivity contribution is -0.385. The molecule has 0 bridgehead atoms. The lowest BCUT2D eigenvalue weighted by atomic mass is 10.1. The van der Waals surface area contributed by atoms with Gasteiger partial charge in [0, 0.05) is 12.5 Å². The topological polar surface area (TPSA) is 96.9 Å². The summed E-state index contributed by atoms with van der Waals surface area (Å²) in [4.78, 5) is 10.6. The Labute approximate surface area is 120 Å². The summed E-state index contributed by atoms with van der Waals surface area (Å²) in [5.41, 5.74) is 0.356. The van der Waals surface area contributed by atoms with Crippen LogP contribution in [0.1, 0.15) is 5.76 Å². The molecule has 2 aromatic rings. The molecule has 0 amide bonds. The van der Waals surface area contributed by atoms with Crippen molar-refractivity contribution in [2.45, 2.75) is 6.92 Å². The Morgan fingerprint density at radius 1 is 1.14 bits per heavy atom. The minimum absolute atomic E-state index is 0.108. The van der Waals surface area contributed by atoms with Crippen LogP contribution in [0.15, 0.2) is 16.7 Å². The molecule has 2 rings (SSSR count). The van der Waals surface area contributed by atoms with Gasteiger partial charge < -0.3 is 18.7 Å². The number of hydrogen-bond donors (Lipinski definition) is 0. The zero-order chi connectivity index (χ0) is 15.6. The van der Waals surface area contributed by atoms with Crippen LogP contribution in [0.25, 0.3) is 11.3 Å². The maximum absolute atomic E-state index is 11.1. The maximum atomic E-state index is 11.1. The van der Waals surface area contributed by atoms with Crippen molar-refractivity contribution in [2.24, 2.45) is 0 Å². The van der Waals surface area contributed by atoms with Gasteiger partial charge >= 0.3 is 5.69 Å². The molecule has 0 aliphatic carbocycles. The van der Waals surface area contributed by atoms with Gasteiger partial charge in [-0.3, -0.25) is 10.1 Å². The van der Waals surface area contributed by atoms with E-state index in [2.05, 4.69) is 5.16 Å². The van der Waals surface area contributed by atoms with Crippen LogP contribution in [-0.4, -0.2) is 31.4 Å². The fraction of sp³-hybridized carbons (Fsp3) is 0.308. The molecule has 0 aliphatic heterocycles. The van der Waals surface area contributed by atoms with Gasteiger partial charge in [-0.2, -0.15) is 0 Å². The van der Waals surface area contributed by atoms with Crippen molar-refractivity contribution in [2.75, 3.05) is 21.3 Å². The first kappa shape index (κ1) is 14.6. The highest BCUT2D eigenvalue weighted by Gasteiger charge is 2.27. The molecule has 0 N–H and O–H groups in total. The Bertz CT molecular complexity index is 654. The third-order valence-electron chi connectivity index (χ3n) is 2.95. The number of aromatic nitrogens is 1. The number of benzene rings is 1. The number of rotatable bonds is 5. The van der Waals surface area contributed by atoms with Crippen LogP contribution in [0.2, 0.25) is 0 Å². The van der Waals surface area contributed by atoms with Crippen molar-refractivity contribution < 1.29 is 23.7 Å². The fourth-order valence-electron chi connectivity index (χ4n) is 1.99. The Morgan fingerprint density at radius 3 is 2.14 bits per heavy atom. The average Bonchev–Trinajstić information content (AvgIpc) is 2.87. The molecule has 1 heterocycles. The second-order valence-electron chi connectivity index (χ2n) is 4.11. The Kier molecular flexibility index (Phi) is 3.97. The van der Waals surface area contributed by atoms with Crippen molar-refractivity contribution in [1.82, 2.24) is 5.16 Å². The molecule has 0 spiro atoms. The van der Waals surface area contributed by atoms with E-state index in [9.17, 15) is 10.1 Å². The van der Waals surface area contributed by atoms with Gasteiger partial charge in [-0.1, -0.05) is 5.16 Å². The monoisotopic (exact) mass is 294 g/mol. The second kappa shape index (κ2) is 5.70. The van der Waals surface area contributed by atoms with Crippen molar-refractivity contribution in [1.29, 1.82) is 0 Å². The SMILES string of the molecule is COc1cc(-c2noc(C)c2[N+](=O)[O-])cc(OC)c1OC. The van der Waals surface area contributed by atoms with Crippen LogP contribution in [0.5, 0.6) is 17.2 Å². The van der Waals surface area contributed by atoms with Crippen LogP contribution in [0, 0.1) is 17.0 Å². The molecule has 0 unspecified atom stereocenters. The van der Waals surface area contributed by atoms with Crippen LogP contribution in [-0.2, 0) is 0 Å². The number of nitro groups is 1. The van der Waals surface area contributed by atoms with Crippen LogP contribution in [0.4, 0.5) is 5.69 Å². The molecule has 112 valence electrons. The maximum Gasteiger partial charge on any atom is 0.339 e. The molecule has 8 nitrogen and oxygen atoms in total. The third kappa shape index (κ3) is 2.47. The highest BCUT2D eigenvalue weighted by molar-refractivity contribution is 5.75. The predicted molar refractivity (Wildman–Crippen MR) is 73.0 cm³/mol. The molecule has 0 radical (unpaired) electrons. The number of aryl methyl sites for hydroxylation is 1. The minimum atomic E-state index is -0.537. The number of hydrogen-bond acceptors (Lipinski definition) is 7. The lowest BCUT2D eigenvalue weighted by Crippen LogP contribution is -1.97. The summed E-state index contributed by atoms with van der Waals surface area (Å²) in [5.74, 6) is 1.28. The van der Waals surface area contributed by atoms with E-state index in [0.717, 1.165) is 0 Å². The van der Waals surface area contributed by atoms with Crippen LogP contribution < -0.4 is 14.2 Å². The summed E-state index contributed by atoms with van der Waals surface area (Å²) in [7, 11) is 4.40. The smallest absolute Gasteiger partial charge is 0.339 e.